The predicted octanol–water partition coefficient (Wildman–Crippen LogP) is 3.01. The molecule has 2 rings (SSSR count). The van der Waals surface area contributed by atoms with Crippen molar-refractivity contribution in [1.29, 1.82) is 0 Å². The second kappa shape index (κ2) is 5.80. The third-order valence-corrected chi connectivity index (χ3v) is 2.50. The average Bonchev–Trinajstić information content (AvgIpc) is 2.47. The van der Waals surface area contributed by atoms with Gasteiger partial charge < -0.3 is 4.74 Å². The first-order valence-corrected chi connectivity index (χ1v) is 5.66. The highest BCUT2D eigenvalue weighted by molar-refractivity contribution is 5.92. The number of rotatable bonds is 3. The van der Waals surface area contributed by atoms with Gasteiger partial charge in [0, 0.05) is 12.3 Å². The van der Waals surface area contributed by atoms with Crippen molar-refractivity contribution in [3.63, 3.8) is 0 Å². The zero-order chi connectivity index (χ0) is 15.5. The predicted molar refractivity (Wildman–Crippen MR) is 65.0 cm³/mol. The Hall–Kier alpha value is -2.61. The van der Waals surface area contributed by atoms with Crippen molar-refractivity contribution >= 4 is 5.91 Å². The van der Waals surface area contributed by atoms with E-state index in [9.17, 15) is 18.0 Å². The van der Waals surface area contributed by atoms with Crippen LogP contribution >= 0.6 is 0 Å². The number of carbonyl (C=O) groups excluding carboxylic acids is 1. The molecule has 0 saturated heterocycles. The van der Waals surface area contributed by atoms with E-state index in [2.05, 4.69) is 4.98 Å². The lowest BCUT2D eigenvalue weighted by molar-refractivity contribution is -0.137. The quantitative estimate of drug-likeness (QED) is 0.675. The van der Waals surface area contributed by atoms with Gasteiger partial charge in [-0.2, -0.15) is 13.2 Å². The van der Waals surface area contributed by atoms with Crippen LogP contribution in [0.2, 0.25) is 0 Å². The first-order chi connectivity index (χ1) is 9.90. The maximum Gasteiger partial charge on any atom is 0.416 e. The molecule has 0 bridgehead atoms. The minimum absolute atomic E-state index is 0.101. The topological polar surface area (TPSA) is 71.5 Å². The molecule has 0 unspecified atom stereocenters. The monoisotopic (exact) mass is 298 g/mol. The van der Waals surface area contributed by atoms with E-state index in [1.165, 1.54) is 29.7 Å². The molecule has 0 aliphatic heterocycles. The van der Waals surface area contributed by atoms with Crippen LogP contribution in [0.3, 0.4) is 0 Å². The van der Waals surface area contributed by atoms with Crippen LogP contribution in [0.5, 0.6) is 11.6 Å². The Morgan fingerprint density at radius 3 is 2.29 bits per heavy atom. The fourth-order valence-electron chi connectivity index (χ4n) is 1.47. The van der Waals surface area contributed by atoms with Gasteiger partial charge in [-0.25, -0.2) is 10.5 Å². The van der Waals surface area contributed by atoms with Crippen molar-refractivity contribution < 1.29 is 27.9 Å². The van der Waals surface area contributed by atoms with Gasteiger partial charge in [0.1, 0.15) is 5.75 Å². The van der Waals surface area contributed by atoms with Gasteiger partial charge in [-0.1, -0.05) is 0 Å². The van der Waals surface area contributed by atoms with E-state index < -0.39 is 17.6 Å². The van der Waals surface area contributed by atoms with Crippen molar-refractivity contribution in [2.45, 2.75) is 6.18 Å². The maximum atomic E-state index is 12.4. The molecule has 1 aromatic heterocycles. The number of halogens is 3. The zero-order valence-corrected chi connectivity index (χ0v) is 10.4. The summed E-state index contributed by atoms with van der Waals surface area (Å²) in [6.45, 7) is 0. The Bertz CT molecular complexity index is 625. The first-order valence-electron chi connectivity index (χ1n) is 5.66. The molecule has 0 atom stereocenters. The smallest absolute Gasteiger partial charge is 0.416 e. The molecule has 1 heterocycles. The highest BCUT2D eigenvalue weighted by Crippen LogP contribution is 2.31. The van der Waals surface area contributed by atoms with Crippen LogP contribution in [-0.4, -0.2) is 16.1 Å². The SMILES string of the molecule is O=C(NO)c1ccc(Oc2ccc(C(F)(F)F)cc2)nc1. The van der Waals surface area contributed by atoms with Gasteiger partial charge in [0.2, 0.25) is 5.88 Å². The van der Waals surface area contributed by atoms with Crippen molar-refractivity contribution in [2.75, 3.05) is 0 Å². The summed E-state index contributed by atoms with van der Waals surface area (Å²) in [5.41, 5.74) is 0.773. The minimum atomic E-state index is -4.41. The molecule has 0 fully saturated rings. The van der Waals surface area contributed by atoms with Crippen molar-refractivity contribution in [3.05, 3.63) is 53.7 Å². The summed E-state index contributed by atoms with van der Waals surface area (Å²) in [6.07, 6.45) is -3.25. The van der Waals surface area contributed by atoms with E-state index in [0.29, 0.717) is 0 Å². The van der Waals surface area contributed by atoms with Crippen LogP contribution in [-0.2, 0) is 6.18 Å². The third-order valence-electron chi connectivity index (χ3n) is 2.50. The number of ether oxygens (including phenoxy) is 1. The van der Waals surface area contributed by atoms with Crippen molar-refractivity contribution in [1.82, 2.24) is 10.5 Å². The molecular weight excluding hydrogens is 289 g/mol. The average molecular weight is 298 g/mol. The second-order valence-electron chi connectivity index (χ2n) is 3.95. The van der Waals surface area contributed by atoms with Crippen LogP contribution in [0.4, 0.5) is 13.2 Å². The van der Waals surface area contributed by atoms with E-state index in [0.717, 1.165) is 18.3 Å². The number of hydroxylamine groups is 1. The molecule has 2 N–H and O–H groups in total. The van der Waals surface area contributed by atoms with Crippen LogP contribution in [0.1, 0.15) is 15.9 Å². The van der Waals surface area contributed by atoms with E-state index in [1.807, 2.05) is 0 Å². The zero-order valence-electron chi connectivity index (χ0n) is 10.4. The molecule has 8 heteroatoms. The standard InChI is InChI=1S/C13H9F3N2O3/c14-13(15,16)9-2-4-10(5-3-9)21-11-6-1-8(7-17-11)12(19)18-20/h1-7,20H,(H,18,19). The molecule has 2 aromatic rings. The summed E-state index contributed by atoms with van der Waals surface area (Å²) in [6, 6.07) is 6.81. The van der Waals surface area contributed by atoms with Crippen LogP contribution in [0.15, 0.2) is 42.6 Å². The molecule has 1 amide bonds. The van der Waals surface area contributed by atoms with E-state index in [1.54, 1.807) is 0 Å². The Kier molecular flexibility index (Phi) is 4.08. The molecule has 0 spiro atoms. The lowest BCUT2D eigenvalue weighted by Crippen LogP contribution is -2.18. The van der Waals surface area contributed by atoms with Gasteiger partial charge in [-0.05, 0) is 30.3 Å². The van der Waals surface area contributed by atoms with Gasteiger partial charge >= 0.3 is 6.18 Å². The van der Waals surface area contributed by atoms with Crippen molar-refractivity contribution in [3.8, 4) is 11.6 Å². The molecule has 0 aliphatic rings. The number of benzene rings is 1. The van der Waals surface area contributed by atoms with Crippen LogP contribution in [0.25, 0.3) is 0 Å². The molecule has 1 aromatic carbocycles. The Morgan fingerprint density at radius 1 is 1.14 bits per heavy atom. The molecule has 110 valence electrons. The lowest BCUT2D eigenvalue weighted by atomic mass is 10.2. The van der Waals surface area contributed by atoms with Crippen LogP contribution < -0.4 is 10.2 Å². The van der Waals surface area contributed by atoms with E-state index >= 15 is 0 Å². The number of alkyl halides is 3. The molecule has 0 saturated carbocycles. The molecule has 21 heavy (non-hydrogen) atoms. The number of carbonyl (C=O) groups is 1. The summed E-state index contributed by atoms with van der Waals surface area (Å²) in [7, 11) is 0. The number of hydrogen-bond acceptors (Lipinski definition) is 4. The van der Waals surface area contributed by atoms with Crippen molar-refractivity contribution in [2.24, 2.45) is 0 Å². The maximum absolute atomic E-state index is 12.4. The number of pyridine rings is 1. The molecule has 0 radical (unpaired) electrons. The molecule has 0 aliphatic carbocycles. The number of nitrogens with zero attached hydrogens (tertiary/aromatic N) is 1. The Labute approximate surface area is 117 Å². The van der Waals surface area contributed by atoms with Gasteiger partial charge in [0.05, 0.1) is 11.1 Å². The number of aromatic nitrogens is 1. The third kappa shape index (κ3) is 3.69. The normalized spacial score (nSPS) is 11.0. The summed E-state index contributed by atoms with van der Waals surface area (Å²) in [5.74, 6) is -0.456. The molecule has 5 nitrogen and oxygen atoms in total. The summed E-state index contributed by atoms with van der Waals surface area (Å²) >= 11 is 0. The Morgan fingerprint density at radius 2 is 1.81 bits per heavy atom. The fraction of sp³-hybridized carbons (Fsp3) is 0.0769. The second-order valence-corrected chi connectivity index (χ2v) is 3.95. The summed E-state index contributed by atoms with van der Waals surface area (Å²) in [5, 5.41) is 8.43. The van der Waals surface area contributed by atoms with Gasteiger partial charge in [-0.15, -0.1) is 0 Å². The fourth-order valence-corrected chi connectivity index (χ4v) is 1.47. The largest absolute Gasteiger partial charge is 0.439 e. The van der Waals surface area contributed by atoms with Gasteiger partial charge in [-0.3, -0.25) is 10.0 Å². The summed E-state index contributed by atoms with van der Waals surface area (Å²) in [4.78, 5) is 14.9. The first kappa shape index (κ1) is 14.8. The molecular formula is C13H9F3N2O3. The number of hydrogen-bond donors (Lipinski definition) is 2. The summed E-state index contributed by atoms with van der Waals surface area (Å²) < 4.78 is 42.4. The lowest BCUT2D eigenvalue weighted by Gasteiger charge is -2.08. The van der Waals surface area contributed by atoms with Gasteiger partial charge in [0.25, 0.3) is 5.91 Å². The number of amides is 1. The Balaban J connectivity index is 2.10. The van der Waals surface area contributed by atoms with Crippen LogP contribution in [0, 0.1) is 0 Å². The number of nitrogens with one attached hydrogen (secondary N) is 1. The highest BCUT2D eigenvalue weighted by Gasteiger charge is 2.30. The minimum Gasteiger partial charge on any atom is -0.439 e. The van der Waals surface area contributed by atoms with Gasteiger partial charge in [0.15, 0.2) is 0 Å². The highest BCUT2D eigenvalue weighted by atomic mass is 19.4. The van der Waals surface area contributed by atoms with E-state index in [4.69, 9.17) is 9.94 Å². The van der Waals surface area contributed by atoms with E-state index in [-0.39, 0.29) is 17.2 Å².